The summed E-state index contributed by atoms with van der Waals surface area (Å²) in [5.41, 5.74) is 8.65. The lowest BCUT2D eigenvalue weighted by Crippen LogP contribution is -2.18. The fourth-order valence-corrected chi connectivity index (χ4v) is 1.90. The van der Waals surface area contributed by atoms with Crippen LogP contribution in [-0.2, 0) is 11.3 Å². The molecule has 5 nitrogen and oxygen atoms in total. The number of methoxy groups -OCH3 is 1. The first-order valence-corrected chi connectivity index (χ1v) is 5.73. The van der Waals surface area contributed by atoms with Crippen LogP contribution < -0.4 is 5.73 Å². The summed E-state index contributed by atoms with van der Waals surface area (Å²) in [4.78, 5) is 4.10. The van der Waals surface area contributed by atoms with Crippen LogP contribution >= 0.6 is 0 Å². The number of hydrogen-bond acceptors (Lipinski definition) is 4. The number of nitrogens with zero attached hydrogens (tertiary/aromatic N) is 2. The zero-order valence-corrected chi connectivity index (χ0v) is 10.3. The molecule has 0 aliphatic heterocycles. The third-order valence-electron chi connectivity index (χ3n) is 2.79. The number of aliphatic hydroxyl groups is 1. The van der Waals surface area contributed by atoms with Crippen LogP contribution in [0, 0.1) is 0 Å². The molecule has 18 heavy (non-hydrogen) atoms. The number of rotatable bonds is 5. The van der Waals surface area contributed by atoms with E-state index in [4.69, 9.17) is 15.6 Å². The molecule has 0 saturated carbocycles. The number of imidazole rings is 1. The Morgan fingerprint density at radius 3 is 2.94 bits per heavy atom. The van der Waals surface area contributed by atoms with Crippen molar-refractivity contribution >= 4 is 0 Å². The molecule has 1 heterocycles. The molecule has 0 bridgehead atoms. The molecule has 0 fully saturated rings. The summed E-state index contributed by atoms with van der Waals surface area (Å²) in [6, 6.07) is 7.43. The molecule has 1 atom stereocenters. The van der Waals surface area contributed by atoms with E-state index in [1.165, 1.54) is 0 Å². The highest BCUT2D eigenvalue weighted by Crippen LogP contribution is 2.20. The molecule has 96 valence electrons. The van der Waals surface area contributed by atoms with E-state index in [1.807, 2.05) is 28.8 Å². The van der Waals surface area contributed by atoms with Crippen molar-refractivity contribution in [2.75, 3.05) is 13.7 Å². The third kappa shape index (κ3) is 2.43. The Hall–Kier alpha value is -1.69. The van der Waals surface area contributed by atoms with E-state index in [0.717, 1.165) is 16.9 Å². The van der Waals surface area contributed by atoms with Gasteiger partial charge in [-0.2, -0.15) is 0 Å². The number of nitrogens with two attached hydrogens (primary N) is 1. The van der Waals surface area contributed by atoms with Crippen LogP contribution in [0.5, 0.6) is 0 Å². The second-order valence-corrected chi connectivity index (χ2v) is 4.04. The minimum Gasteiger partial charge on any atom is -0.394 e. The highest BCUT2D eigenvalue weighted by atomic mass is 16.5. The second-order valence-electron chi connectivity index (χ2n) is 4.04. The van der Waals surface area contributed by atoms with Gasteiger partial charge in [0, 0.05) is 12.7 Å². The second kappa shape index (κ2) is 5.77. The number of benzene rings is 1. The number of para-hydroxylation sites is 1. The number of aliphatic hydroxyl groups excluding tert-OH is 1. The zero-order valence-electron chi connectivity index (χ0n) is 10.3. The van der Waals surface area contributed by atoms with Crippen LogP contribution in [0.25, 0.3) is 5.69 Å². The average molecular weight is 247 g/mol. The van der Waals surface area contributed by atoms with Crippen molar-refractivity contribution in [3.05, 3.63) is 48.0 Å². The average Bonchev–Trinajstić information content (AvgIpc) is 2.88. The Morgan fingerprint density at radius 2 is 2.22 bits per heavy atom. The SMILES string of the molecule is COCc1ccccc1-n1cncc1C(N)CO. The Kier molecular flexibility index (Phi) is 4.09. The molecule has 1 aromatic heterocycles. The first-order valence-electron chi connectivity index (χ1n) is 5.73. The van der Waals surface area contributed by atoms with Crippen molar-refractivity contribution in [1.82, 2.24) is 9.55 Å². The minimum atomic E-state index is -0.442. The van der Waals surface area contributed by atoms with Gasteiger partial charge in [0.1, 0.15) is 0 Å². The van der Waals surface area contributed by atoms with Gasteiger partial charge in [-0.25, -0.2) is 4.98 Å². The summed E-state index contributed by atoms with van der Waals surface area (Å²) in [7, 11) is 1.66. The molecule has 0 aliphatic rings. The summed E-state index contributed by atoms with van der Waals surface area (Å²) in [5, 5.41) is 9.16. The number of aromatic nitrogens is 2. The largest absolute Gasteiger partial charge is 0.394 e. The molecule has 1 unspecified atom stereocenters. The van der Waals surface area contributed by atoms with Gasteiger partial charge in [0.25, 0.3) is 0 Å². The van der Waals surface area contributed by atoms with Crippen molar-refractivity contribution in [2.24, 2.45) is 5.73 Å². The topological polar surface area (TPSA) is 73.3 Å². The number of hydrogen-bond donors (Lipinski definition) is 2. The predicted molar refractivity (Wildman–Crippen MR) is 68.3 cm³/mol. The first kappa shape index (κ1) is 12.8. The van der Waals surface area contributed by atoms with Crippen LogP contribution in [0.4, 0.5) is 0 Å². The summed E-state index contributed by atoms with van der Waals surface area (Å²) in [6.07, 6.45) is 3.36. The van der Waals surface area contributed by atoms with E-state index in [2.05, 4.69) is 4.98 Å². The Balaban J connectivity index is 2.45. The Bertz CT molecular complexity index is 510. The van der Waals surface area contributed by atoms with Gasteiger partial charge in [-0.05, 0) is 6.07 Å². The third-order valence-corrected chi connectivity index (χ3v) is 2.79. The quantitative estimate of drug-likeness (QED) is 0.827. The van der Waals surface area contributed by atoms with E-state index < -0.39 is 6.04 Å². The molecule has 0 saturated heterocycles. The predicted octanol–water partition coefficient (Wildman–Crippen LogP) is 1.01. The van der Waals surface area contributed by atoms with Gasteiger partial charge in [0.15, 0.2) is 0 Å². The molecular weight excluding hydrogens is 230 g/mol. The maximum atomic E-state index is 9.16. The number of ether oxygens (including phenoxy) is 1. The van der Waals surface area contributed by atoms with Crippen LogP contribution in [0.2, 0.25) is 0 Å². The summed E-state index contributed by atoms with van der Waals surface area (Å²) >= 11 is 0. The first-order chi connectivity index (χ1) is 8.77. The van der Waals surface area contributed by atoms with E-state index >= 15 is 0 Å². The van der Waals surface area contributed by atoms with Crippen LogP contribution in [0.15, 0.2) is 36.8 Å². The van der Waals surface area contributed by atoms with Crippen molar-refractivity contribution in [2.45, 2.75) is 12.6 Å². The molecule has 5 heteroatoms. The highest BCUT2D eigenvalue weighted by Gasteiger charge is 2.13. The minimum absolute atomic E-state index is 0.113. The highest BCUT2D eigenvalue weighted by molar-refractivity contribution is 5.42. The summed E-state index contributed by atoms with van der Waals surface area (Å²) in [6.45, 7) is 0.403. The van der Waals surface area contributed by atoms with Crippen LogP contribution in [-0.4, -0.2) is 28.4 Å². The van der Waals surface area contributed by atoms with Crippen molar-refractivity contribution in [3.63, 3.8) is 0 Å². The summed E-state index contributed by atoms with van der Waals surface area (Å²) in [5.74, 6) is 0. The van der Waals surface area contributed by atoms with E-state index in [1.54, 1.807) is 19.6 Å². The van der Waals surface area contributed by atoms with E-state index in [9.17, 15) is 0 Å². The molecule has 0 radical (unpaired) electrons. The standard InChI is InChI=1S/C13H17N3O2/c1-18-8-10-4-2-3-5-12(10)16-9-15-6-13(16)11(14)7-17/h2-6,9,11,17H,7-8,14H2,1H3. The molecule has 3 N–H and O–H groups in total. The normalized spacial score (nSPS) is 12.6. The molecule has 0 aliphatic carbocycles. The fraction of sp³-hybridized carbons (Fsp3) is 0.308. The van der Waals surface area contributed by atoms with Gasteiger partial charge >= 0.3 is 0 Å². The van der Waals surface area contributed by atoms with E-state index in [-0.39, 0.29) is 6.61 Å². The molecular formula is C13H17N3O2. The molecule has 2 rings (SSSR count). The molecule has 1 aromatic carbocycles. The van der Waals surface area contributed by atoms with Gasteiger partial charge in [-0.1, -0.05) is 18.2 Å². The molecule has 0 amide bonds. The lowest BCUT2D eigenvalue weighted by atomic mass is 10.1. The lowest BCUT2D eigenvalue weighted by molar-refractivity contribution is 0.184. The van der Waals surface area contributed by atoms with E-state index in [0.29, 0.717) is 6.61 Å². The van der Waals surface area contributed by atoms with Gasteiger partial charge in [0.2, 0.25) is 0 Å². The van der Waals surface area contributed by atoms with Gasteiger partial charge in [-0.3, -0.25) is 0 Å². The zero-order chi connectivity index (χ0) is 13.0. The lowest BCUT2D eigenvalue weighted by Gasteiger charge is -2.15. The monoisotopic (exact) mass is 247 g/mol. The molecule has 2 aromatic rings. The van der Waals surface area contributed by atoms with Crippen molar-refractivity contribution < 1.29 is 9.84 Å². The van der Waals surface area contributed by atoms with Crippen molar-refractivity contribution in [1.29, 1.82) is 0 Å². The van der Waals surface area contributed by atoms with Crippen molar-refractivity contribution in [3.8, 4) is 5.69 Å². The maximum Gasteiger partial charge on any atom is 0.0994 e. The van der Waals surface area contributed by atoms with Crippen LogP contribution in [0.3, 0.4) is 0 Å². The van der Waals surface area contributed by atoms with Gasteiger partial charge < -0.3 is 20.1 Å². The Labute approximate surface area is 106 Å². The Morgan fingerprint density at radius 1 is 1.44 bits per heavy atom. The fourth-order valence-electron chi connectivity index (χ4n) is 1.90. The summed E-state index contributed by atoms with van der Waals surface area (Å²) < 4.78 is 7.06. The smallest absolute Gasteiger partial charge is 0.0994 e. The van der Waals surface area contributed by atoms with Gasteiger partial charge in [-0.15, -0.1) is 0 Å². The maximum absolute atomic E-state index is 9.16. The molecule has 0 spiro atoms. The van der Waals surface area contributed by atoms with Crippen LogP contribution in [0.1, 0.15) is 17.3 Å². The van der Waals surface area contributed by atoms with Gasteiger partial charge in [0.05, 0.1) is 43.2 Å².